The predicted molar refractivity (Wildman–Crippen MR) is 72.1 cm³/mol. The Labute approximate surface area is 115 Å². The van der Waals surface area contributed by atoms with Crippen LogP contribution in [0.4, 0.5) is 11.5 Å². The van der Waals surface area contributed by atoms with E-state index in [4.69, 9.17) is 9.47 Å². The molecule has 0 fully saturated rings. The average molecular weight is 272 g/mol. The Balaban J connectivity index is 1.75. The van der Waals surface area contributed by atoms with Gasteiger partial charge in [-0.3, -0.25) is 4.79 Å². The highest BCUT2D eigenvalue weighted by atomic mass is 16.7. The minimum absolute atomic E-state index is 0.198. The van der Waals surface area contributed by atoms with Crippen LogP contribution in [0.25, 0.3) is 0 Å². The maximum absolute atomic E-state index is 12.0. The lowest BCUT2D eigenvalue weighted by molar-refractivity contribution is 0.102. The standard InChI is InChI=1S/C13H12N4O3/c1-14-12-6-15-9(5-16-12)13(18)17-8-2-3-10-11(4-8)20-7-19-10/h2-6H,7H2,1H3,(H,14,16)(H,17,18). The van der Waals surface area contributed by atoms with E-state index in [2.05, 4.69) is 20.6 Å². The summed E-state index contributed by atoms with van der Waals surface area (Å²) in [6, 6.07) is 5.18. The number of amides is 1. The number of aromatic nitrogens is 2. The van der Waals surface area contributed by atoms with E-state index in [1.165, 1.54) is 12.4 Å². The van der Waals surface area contributed by atoms with Crippen LogP contribution < -0.4 is 20.1 Å². The summed E-state index contributed by atoms with van der Waals surface area (Å²) < 4.78 is 10.5. The van der Waals surface area contributed by atoms with Crippen molar-refractivity contribution >= 4 is 17.4 Å². The van der Waals surface area contributed by atoms with Crippen molar-refractivity contribution in [1.82, 2.24) is 9.97 Å². The largest absolute Gasteiger partial charge is 0.454 e. The summed E-state index contributed by atoms with van der Waals surface area (Å²) >= 11 is 0. The van der Waals surface area contributed by atoms with Crippen molar-refractivity contribution in [3.63, 3.8) is 0 Å². The van der Waals surface area contributed by atoms with Crippen LogP contribution in [0, 0.1) is 0 Å². The molecule has 1 aromatic heterocycles. The van der Waals surface area contributed by atoms with Gasteiger partial charge >= 0.3 is 0 Å². The van der Waals surface area contributed by atoms with Gasteiger partial charge in [0.1, 0.15) is 11.5 Å². The molecule has 0 unspecified atom stereocenters. The molecule has 0 spiro atoms. The van der Waals surface area contributed by atoms with Crippen molar-refractivity contribution in [3.8, 4) is 11.5 Å². The van der Waals surface area contributed by atoms with Gasteiger partial charge in [-0.1, -0.05) is 0 Å². The van der Waals surface area contributed by atoms with E-state index in [9.17, 15) is 4.79 Å². The lowest BCUT2D eigenvalue weighted by Crippen LogP contribution is -2.14. The van der Waals surface area contributed by atoms with E-state index in [1.807, 2.05) is 0 Å². The number of carbonyl (C=O) groups is 1. The van der Waals surface area contributed by atoms with E-state index >= 15 is 0 Å². The van der Waals surface area contributed by atoms with Crippen molar-refractivity contribution in [1.29, 1.82) is 0 Å². The number of hydrogen-bond donors (Lipinski definition) is 2. The molecule has 0 saturated heterocycles. The highest BCUT2D eigenvalue weighted by Crippen LogP contribution is 2.34. The number of hydrogen-bond acceptors (Lipinski definition) is 6. The van der Waals surface area contributed by atoms with Gasteiger partial charge in [-0.25, -0.2) is 9.97 Å². The van der Waals surface area contributed by atoms with Crippen LogP contribution in [0.1, 0.15) is 10.5 Å². The molecule has 7 heteroatoms. The van der Waals surface area contributed by atoms with E-state index < -0.39 is 0 Å². The Morgan fingerprint density at radius 2 is 2.05 bits per heavy atom. The minimum Gasteiger partial charge on any atom is -0.454 e. The van der Waals surface area contributed by atoms with Gasteiger partial charge in [-0.15, -0.1) is 0 Å². The lowest BCUT2D eigenvalue weighted by Gasteiger charge is -2.06. The third-order valence-corrected chi connectivity index (χ3v) is 2.77. The van der Waals surface area contributed by atoms with Gasteiger partial charge in [-0.05, 0) is 12.1 Å². The number of benzene rings is 1. The zero-order chi connectivity index (χ0) is 13.9. The quantitative estimate of drug-likeness (QED) is 0.880. The van der Waals surface area contributed by atoms with E-state index in [1.54, 1.807) is 25.2 Å². The Morgan fingerprint density at radius 1 is 1.20 bits per heavy atom. The van der Waals surface area contributed by atoms with Crippen molar-refractivity contribution < 1.29 is 14.3 Å². The number of ether oxygens (including phenoxy) is 2. The van der Waals surface area contributed by atoms with Crippen LogP contribution in [-0.4, -0.2) is 29.7 Å². The Bertz CT molecular complexity index is 643. The number of carbonyl (C=O) groups excluding carboxylic acids is 1. The first-order valence-electron chi connectivity index (χ1n) is 5.97. The topological polar surface area (TPSA) is 85.4 Å². The first-order chi connectivity index (χ1) is 9.76. The van der Waals surface area contributed by atoms with Gasteiger partial charge in [0.05, 0.1) is 12.4 Å². The minimum atomic E-state index is -0.334. The lowest BCUT2D eigenvalue weighted by atomic mass is 10.2. The summed E-state index contributed by atoms with van der Waals surface area (Å²) in [5.74, 6) is 1.55. The molecule has 7 nitrogen and oxygen atoms in total. The van der Waals surface area contributed by atoms with E-state index in [0.29, 0.717) is 23.0 Å². The molecule has 20 heavy (non-hydrogen) atoms. The molecule has 2 heterocycles. The van der Waals surface area contributed by atoms with Crippen LogP contribution >= 0.6 is 0 Å². The second kappa shape index (κ2) is 5.04. The number of rotatable bonds is 3. The summed E-state index contributed by atoms with van der Waals surface area (Å²) in [5, 5.41) is 5.56. The SMILES string of the molecule is CNc1cnc(C(=O)Nc2ccc3c(c2)OCO3)cn1. The second-order valence-electron chi connectivity index (χ2n) is 4.06. The number of nitrogens with zero attached hydrogens (tertiary/aromatic N) is 2. The molecule has 102 valence electrons. The third kappa shape index (κ3) is 2.33. The van der Waals surface area contributed by atoms with Crippen LogP contribution in [0.2, 0.25) is 0 Å². The Morgan fingerprint density at radius 3 is 2.80 bits per heavy atom. The zero-order valence-corrected chi connectivity index (χ0v) is 10.7. The molecule has 0 bridgehead atoms. The molecule has 1 aliphatic rings. The molecule has 0 aliphatic carbocycles. The zero-order valence-electron chi connectivity index (χ0n) is 10.7. The molecule has 1 aliphatic heterocycles. The molecule has 0 saturated carbocycles. The summed E-state index contributed by atoms with van der Waals surface area (Å²) in [7, 11) is 1.73. The highest BCUT2D eigenvalue weighted by Gasteiger charge is 2.15. The first kappa shape index (κ1) is 12.2. The van der Waals surface area contributed by atoms with Crippen LogP contribution in [0.3, 0.4) is 0 Å². The molecule has 2 aromatic rings. The smallest absolute Gasteiger partial charge is 0.275 e. The molecule has 1 aromatic carbocycles. The summed E-state index contributed by atoms with van der Waals surface area (Å²) in [6.07, 6.45) is 2.91. The van der Waals surface area contributed by atoms with Crippen LogP contribution in [0.15, 0.2) is 30.6 Å². The third-order valence-electron chi connectivity index (χ3n) is 2.77. The highest BCUT2D eigenvalue weighted by molar-refractivity contribution is 6.02. The van der Waals surface area contributed by atoms with Gasteiger partial charge in [0.2, 0.25) is 6.79 Å². The van der Waals surface area contributed by atoms with E-state index in [-0.39, 0.29) is 18.4 Å². The molecular formula is C13H12N4O3. The van der Waals surface area contributed by atoms with Crippen molar-refractivity contribution in [2.45, 2.75) is 0 Å². The van der Waals surface area contributed by atoms with Crippen molar-refractivity contribution in [2.75, 3.05) is 24.5 Å². The Hall–Kier alpha value is -2.83. The van der Waals surface area contributed by atoms with E-state index in [0.717, 1.165) is 0 Å². The Kier molecular flexibility index (Phi) is 3.08. The summed E-state index contributed by atoms with van der Waals surface area (Å²) in [5.41, 5.74) is 0.848. The van der Waals surface area contributed by atoms with Gasteiger partial charge in [-0.2, -0.15) is 0 Å². The van der Waals surface area contributed by atoms with Gasteiger partial charge in [0.15, 0.2) is 11.5 Å². The molecule has 1 amide bonds. The van der Waals surface area contributed by atoms with Crippen LogP contribution in [0.5, 0.6) is 11.5 Å². The molecule has 0 radical (unpaired) electrons. The number of anilines is 2. The number of nitrogens with one attached hydrogen (secondary N) is 2. The van der Waals surface area contributed by atoms with Crippen molar-refractivity contribution in [2.24, 2.45) is 0 Å². The molecule has 0 atom stereocenters. The number of fused-ring (bicyclic) bond motifs is 1. The van der Waals surface area contributed by atoms with Gasteiger partial charge in [0.25, 0.3) is 5.91 Å². The average Bonchev–Trinajstić information content (AvgIpc) is 2.95. The monoisotopic (exact) mass is 272 g/mol. The maximum Gasteiger partial charge on any atom is 0.275 e. The molecule has 3 rings (SSSR count). The van der Waals surface area contributed by atoms with Crippen LogP contribution in [-0.2, 0) is 0 Å². The predicted octanol–water partition coefficient (Wildman–Crippen LogP) is 1.50. The fraction of sp³-hybridized carbons (Fsp3) is 0.154. The van der Waals surface area contributed by atoms with Gasteiger partial charge < -0.3 is 20.1 Å². The van der Waals surface area contributed by atoms with Crippen molar-refractivity contribution in [3.05, 3.63) is 36.3 Å². The van der Waals surface area contributed by atoms with Gasteiger partial charge in [0, 0.05) is 18.8 Å². The fourth-order valence-electron chi connectivity index (χ4n) is 1.74. The second-order valence-corrected chi connectivity index (χ2v) is 4.06. The molecular weight excluding hydrogens is 260 g/mol. The maximum atomic E-state index is 12.0. The summed E-state index contributed by atoms with van der Waals surface area (Å²) in [4.78, 5) is 20.1. The molecule has 2 N–H and O–H groups in total. The fourth-order valence-corrected chi connectivity index (χ4v) is 1.74. The normalized spacial score (nSPS) is 12.1. The summed E-state index contributed by atoms with van der Waals surface area (Å²) in [6.45, 7) is 0.198. The first-order valence-corrected chi connectivity index (χ1v) is 5.97.